The SMILES string of the molecule is CC1CCC(C2=C(c3cc(I)sc3C(=O)O)CNCC2)CC1. The van der Waals surface area contributed by atoms with Gasteiger partial charge in [-0.05, 0) is 71.9 Å². The van der Waals surface area contributed by atoms with Crippen molar-refractivity contribution >= 4 is 45.5 Å². The summed E-state index contributed by atoms with van der Waals surface area (Å²) in [6.07, 6.45) is 6.22. The van der Waals surface area contributed by atoms with Gasteiger partial charge in [-0.15, -0.1) is 11.3 Å². The summed E-state index contributed by atoms with van der Waals surface area (Å²) in [5.41, 5.74) is 3.76. The fourth-order valence-corrected chi connectivity index (χ4v) is 5.50. The van der Waals surface area contributed by atoms with Crippen molar-refractivity contribution in [3.05, 3.63) is 25.0 Å². The number of hydrogen-bond donors (Lipinski definition) is 2. The molecule has 3 rings (SSSR count). The van der Waals surface area contributed by atoms with Crippen LogP contribution in [0.4, 0.5) is 0 Å². The van der Waals surface area contributed by atoms with Gasteiger partial charge in [-0.3, -0.25) is 0 Å². The van der Waals surface area contributed by atoms with Crippen LogP contribution in [0.1, 0.15) is 54.3 Å². The van der Waals surface area contributed by atoms with Gasteiger partial charge in [0.1, 0.15) is 4.88 Å². The van der Waals surface area contributed by atoms with Crippen LogP contribution in [0, 0.1) is 14.7 Å². The number of thiophene rings is 1. The van der Waals surface area contributed by atoms with Crippen LogP contribution in [-0.4, -0.2) is 24.2 Å². The number of halogens is 1. The van der Waals surface area contributed by atoms with E-state index in [1.807, 2.05) is 0 Å². The molecule has 1 aromatic heterocycles. The van der Waals surface area contributed by atoms with Crippen molar-refractivity contribution in [1.82, 2.24) is 5.32 Å². The number of aromatic carboxylic acids is 1. The van der Waals surface area contributed by atoms with E-state index >= 15 is 0 Å². The van der Waals surface area contributed by atoms with Crippen molar-refractivity contribution in [3.63, 3.8) is 0 Å². The Hall–Kier alpha value is -0.400. The van der Waals surface area contributed by atoms with Crippen LogP contribution in [0.5, 0.6) is 0 Å². The maximum atomic E-state index is 11.6. The Morgan fingerprint density at radius 2 is 2.09 bits per heavy atom. The lowest BCUT2D eigenvalue weighted by molar-refractivity contribution is 0.0702. The van der Waals surface area contributed by atoms with Crippen LogP contribution in [-0.2, 0) is 0 Å². The molecule has 0 amide bonds. The molecule has 120 valence electrons. The molecule has 3 nitrogen and oxygen atoms in total. The first-order valence-electron chi connectivity index (χ1n) is 8.02. The molecular formula is C17H22INO2S. The van der Waals surface area contributed by atoms with Crippen molar-refractivity contribution in [1.29, 1.82) is 0 Å². The predicted octanol–water partition coefficient (Wildman–Crippen LogP) is 4.62. The second kappa shape index (κ2) is 7.01. The van der Waals surface area contributed by atoms with Crippen LogP contribution in [0.2, 0.25) is 0 Å². The Morgan fingerprint density at radius 3 is 2.77 bits per heavy atom. The molecule has 2 heterocycles. The van der Waals surface area contributed by atoms with Gasteiger partial charge < -0.3 is 10.4 Å². The monoisotopic (exact) mass is 431 g/mol. The second-order valence-corrected chi connectivity index (χ2v) is 9.43. The lowest BCUT2D eigenvalue weighted by atomic mass is 9.75. The third-order valence-corrected chi connectivity index (χ3v) is 6.87. The van der Waals surface area contributed by atoms with Crippen molar-refractivity contribution in [2.45, 2.75) is 39.0 Å². The molecule has 2 aliphatic rings. The fourth-order valence-electron chi connectivity index (χ4n) is 3.77. The molecule has 1 aromatic rings. The van der Waals surface area contributed by atoms with Crippen LogP contribution in [0.15, 0.2) is 11.6 Å². The molecule has 0 radical (unpaired) electrons. The van der Waals surface area contributed by atoms with E-state index in [4.69, 9.17) is 0 Å². The minimum absolute atomic E-state index is 0.504. The Labute approximate surface area is 149 Å². The molecule has 5 heteroatoms. The van der Waals surface area contributed by atoms with Crippen LogP contribution < -0.4 is 5.32 Å². The summed E-state index contributed by atoms with van der Waals surface area (Å²) >= 11 is 3.62. The summed E-state index contributed by atoms with van der Waals surface area (Å²) in [4.78, 5) is 12.1. The van der Waals surface area contributed by atoms with Crippen molar-refractivity contribution in [2.24, 2.45) is 11.8 Å². The quantitative estimate of drug-likeness (QED) is 0.687. The number of carbonyl (C=O) groups is 1. The molecule has 1 aliphatic heterocycles. The minimum Gasteiger partial charge on any atom is -0.477 e. The van der Waals surface area contributed by atoms with Crippen molar-refractivity contribution in [2.75, 3.05) is 13.1 Å². The number of carboxylic acids is 1. The first-order valence-corrected chi connectivity index (χ1v) is 9.91. The standard InChI is InChI=1S/C17H22INO2S/c1-10-2-4-11(5-3-10)12-6-7-19-9-14(12)13-8-15(18)22-16(13)17(20)21/h8,10-11,19H,2-7,9H2,1H3,(H,20,21). The topological polar surface area (TPSA) is 49.3 Å². The van der Waals surface area contributed by atoms with Gasteiger partial charge in [0.2, 0.25) is 0 Å². The Balaban J connectivity index is 1.99. The first kappa shape index (κ1) is 16.5. The molecule has 0 spiro atoms. The fraction of sp³-hybridized carbons (Fsp3) is 0.588. The third kappa shape index (κ3) is 3.41. The van der Waals surface area contributed by atoms with Gasteiger partial charge in [0, 0.05) is 12.1 Å². The highest BCUT2D eigenvalue weighted by Gasteiger charge is 2.28. The first-order chi connectivity index (χ1) is 10.6. The summed E-state index contributed by atoms with van der Waals surface area (Å²) < 4.78 is 1.06. The maximum Gasteiger partial charge on any atom is 0.346 e. The average Bonchev–Trinajstić information content (AvgIpc) is 2.90. The summed E-state index contributed by atoms with van der Waals surface area (Å²) in [5.74, 6) is 0.712. The van der Waals surface area contributed by atoms with Gasteiger partial charge in [-0.1, -0.05) is 25.3 Å². The Morgan fingerprint density at radius 1 is 1.36 bits per heavy atom. The molecule has 2 N–H and O–H groups in total. The van der Waals surface area contributed by atoms with Gasteiger partial charge in [0.05, 0.1) is 2.88 Å². The van der Waals surface area contributed by atoms with E-state index < -0.39 is 5.97 Å². The maximum absolute atomic E-state index is 11.6. The normalized spacial score (nSPS) is 26.3. The summed E-state index contributed by atoms with van der Waals surface area (Å²) in [6, 6.07) is 2.06. The number of carboxylic acid groups (broad SMARTS) is 1. The zero-order valence-corrected chi connectivity index (χ0v) is 15.8. The predicted molar refractivity (Wildman–Crippen MR) is 99.5 cm³/mol. The van der Waals surface area contributed by atoms with Gasteiger partial charge in [-0.25, -0.2) is 4.79 Å². The molecule has 0 unspecified atom stereocenters. The van der Waals surface area contributed by atoms with Crippen LogP contribution in [0.3, 0.4) is 0 Å². The van der Waals surface area contributed by atoms with E-state index in [1.54, 1.807) is 0 Å². The molecule has 1 aliphatic carbocycles. The highest BCUT2D eigenvalue weighted by molar-refractivity contribution is 14.1. The zero-order valence-electron chi connectivity index (χ0n) is 12.8. The van der Waals surface area contributed by atoms with Crippen molar-refractivity contribution < 1.29 is 9.90 Å². The summed E-state index contributed by atoms with van der Waals surface area (Å²) in [7, 11) is 0. The molecular weight excluding hydrogens is 409 g/mol. The molecule has 0 atom stereocenters. The van der Waals surface area contributed by atoms with Crippen LogP contribution in [0.25, 0.3) is 5.57 Å². The number of rotatable bonds is 3. The Kier molecular flexibility index (Phi) is 5.24. The lowest BCUT2D eigenvalue weighted by Crippen LogP contribution is -2.28. The van der Waals surface area contributed by atoms with Gasteiger partial charge in [0.15, 0.2) is 0 Å². The molecule has 0 bridgehead atoms. The summed E-state index contributed by atoms with van der Waals surface area (Å²) in [5, 5.41) is 12.9. The largest absolute Gasteiger partial charge is 0.477 e. The van der Waals surface area contributed by atoms with E-state index in [0.717, 1.165) is 33.9 Å². The van der Waals surface area contributed by atoms with E-state index in [2.05, 4.69) is 40.9 Å². The molecule has 1 fully saturated rings. The highest BCUT2D eigenvalue weighted by Crippen LogP contribution is 2.40. The van der Waals surface area contributed by atoms with Gasteiger partial charge >= 0.3 is 5.97 Å². The molecule has 0 saturated heterocycles. The Bertz CT molecular complexity index is 600. The van der Waals surface area contributed by atoms with E-state index in [9.17, 15) is 9.90 Å². The molecule has 0 aromatic carbocycles. The highest BCUT2D eigenvalue weighted by atomic mass is 127. The average molecular weight is 431 g/mol. The smallest absolute Gasteiger partial charge is 0.346 e. The number of nitrogens with one attached hydrogen (secondary N) is 1. The van der Waals surface area contributed by atoms with Gasteiger partial charge in [0.25, 0.3) is 0 Å². The van der Waals surface area contributed by atoms with E-state index in [0.29, 0.717) is 10.8 Å². The van der Waals surface area contributed by atoms with Crippen molar-refractivity contribution in [3.8, 4) is 0 Å². The molecule has 22 heavy (non-hydrogen) atoms. The van der Waals surface area contributed by atoms with E-state index in [1.165, 1.54) is 48.2 Å². The second-order valence-electron chi connectivity index (χ2n) is 6.49. The minimum atomic E-state index is -0.794. The third-order valence-electron chi connectivity index (χ3n) is 4.99. The zero-order chi connectivity index (χ0) is 15.7. The molecule has 1 saturated carbocycles. The summed E-state index contributed by atoms with van der Waals surface area (Å²) in [6.45, 7) is 4.18. The lowest BCUT2D eigenvalue weighted by Gasteiger charge is -2.32. The van der Waals surface area contributed by atoms with E-state index in [-0.39, 0.29) is 0 Å². The van der Waals surface area contributed by atoms with Crippen LogP contribution >= 0.6 is 33.9 Å². The van der Waals surface area contributed by atoms with Gasteiger partial charge in [-0.2, -0.15) is 0 Å². The number of hydrogen-bond acceptors (Lipinski definition) is 3.